The van der Waals surface area contributed by atoms with Crippen molar-refractivity contribution in [3.8, 4) is 17.2 Å². The van der Waals surface area contributed by atoms with Gasteiger partial charge in [-0.15, -0.1) is 0 Å². The van der Waals surface area contributed by atoms with Crippen LogP contribution in [0.1, 0.15) is 81.1 Å². The van der Waals surface area contributed by atoms with Crippen LogP contribution in [0.2, 0.25) is 0 Å². The van der Waals surface area contributed by atoms with Gasteiger partial charge in [0.2, 0.25) is 5.78 Å². The molecule has 12 nitrogen and oxygen atoms in total. The van der Waals surface area contributed by atoms with Gasteiger partial charge in [0.05, 0.1) is 41.5 Å². The molecule has 0 radical (unpaired) electrons. The smallest absolute Gasteiger partial charge is 0.202 e. The van der Waals surface area contributed by atoms with Gasteiger partial charge in [0.25, 0.3) is 0 Å². The van der Waals surface area contributed by atoms with Crippen molar-refractivity contribution in [2.45, 2.75) is 69.0 Å². The van der Waals surface area contributed by atoms with E-state index in [-0.39, 0.29) is 40.0 Å². The van der Waals surface area contributed by atoms with Crippen molar-refractivity contribution < 1.29 is 53.8 Å². The minimum Gasteiger partial charge on any atom is -0.507 e. The van der Waals surface area contributed by atoms with Crippen molar-refractivity contribution in [2.75, 3.05) is 28.3 Å². The Labute approximate surface area is 242 Å². The van der Waals surface area contributed by atoms with Gasteiger partial charge in [-0.2, -0.15) is 0 Å². The Morgan fingerprint density at radius 1 is 1.00 bits per heavy atom. The van der Waals surface area contributed by atoms with E-state index in [9.17, 15) is 34.8 Å². The molecule has 2 aromatic carbocycles. The summed E-state index contributed by atoms with van der Waals surface area (Å²) in [7, 11) is 6.17. The Bertz CT molecular complexity index is 1500. The summed E-state index contributed by atoms with van der Waals surface area (Å²) >= 11 is 0. The molecular weight excluding hydrogens is 550 g/mol. The lowest BCUT2D eigenvalue weighted by Crippen LogP contribution is -2.62. The molecular formula is C30H35NO11. The van der Waals surface area contributed by atoms with E-state index in [4.69, 9.17) is 18.9 Å². The average Bonchev–Trinajstić information content (AvgIpc) is 2.92. The summed E-state index contributed by atoms with van der Waals surface area (Å²) in [6.45, 7) is 4.76. The number of Topliss-reactive ketones (excluding diaryl/α,β-unsaturated/α-hetero) is 1. The van der Waals surface area contributed by atoms with Crippen LogP contribution in [0.3, 0.4) is 0 Å². The standard InChI is InChI=1S/C30H35NO11/c1-12-26(36)29(2,31(4)5)11-17(41-12)42-25-19-14(27(37)30(3,38)28(25)40-7)10-13-18(23(19)34)24(35)20-15(32)8-9-16(39-6)21(20)22(13)33/h8-10,12,17,25-26,28,32,34,36,38H,11H2,1-7H3/t12-,17-,25-,26+,28+,29-,30-/m0/s1. The second-order valence-corrected chi connectivity index (χ2v) is 11.7. The Hall–Kier alpha value is -3.39. The van der Waals surface area contributed by atoms with Gasteiger partial charge in [0, 0.05) is 30.2 Å². The number of aromatic hydroxyl groups is 2. The maximum absolute atomic E-state index is 13.8. The first-order valence-electron chi connectivity index (χ1n) is 13.5. The summed E-state index contributed by atoms with van der Waals surface area (Å²) < 4.78 is 23.1. The third-order valence-corrected chi connectivity index (χ3v) is 9.05. The van der Waals surface area contributed by atoms with Gasteiger partial charge >= 0.3 is 0 Å². The quantitative estimate of drug-likeness (QED) is 0.342. The third-order valence-electron chi connectivity index (χ3n) is 9.05. The average molecular weight is 586 g/mol. The third kappa shape index (κ3) is 4.08. The van der Waals surface area contributed by atoms with Gasteiger partial charge in [-0.05, 0) is 53.1 Å². The first kappa shape index (κ1) is 30.1. The Morgan fingerprint density at radius 2 is 1.67 bits per heavy atom. The van der Waals surface area contributed by atoms with Crippen LogP contribution >= 0.6 is 0 Å². The summed E-state index contributed by atoms with van der Waals surface area (Å²) in [6, 6.07) is 3.68. The number of carbonyl (C=O) groups excluding carboxylic acids is 3. The van der Waals surface area contributed by atoms with Crippen LogP contribution in [0.15, 0.2) is 18.2 Å². The molecule has 1 saturated heterocycles. The Morgan fingerprint density at radius 3 is 2.26 bits per heavy atom. The summed E-state index contributed by atoms with van der Waals surface area (Å²) in [5, 5.41) is 44.4. The fourth-order valence-corrected chi connectivity index (χ4v) is 6.38. The van der Waals surface area contributed by atoms with Crippen LogP contribution in [0.5, 0.6) is 17.2 Å². The molecule has 1 fully saturated rings. The van der Waals surface area contributed by atoms with Crippen molar-refractivity contribution in [2.24, 2.45) is 0 Å². The largest absolute Gasteiger partial charge is 0.507 e. The number of ketones is 3. The normalized spacial score (nSPS) is 32.4. The first-order chi connectivity index (χ1) is 19.6. The molecule has 0 amide bonds. The van der Waals surface area contributed by atoms with E-state index in [0.717, 1.165) is 6.07 Å². The number of rotatable bonds is 5. The molecule has 0 aromatic heterocycles. The molecule has 0 spiro atoms. The summed E-state index contributed by atoms with van der Waals surface area (Å²) in [4.78, 5) is 42.9. The Balaban J connectivity index is 1.70. The number of fused-ring (bicyclic) bond motifs is 3. The highest BCUT2D eigenvalue weighted by molar-refractivity contribution is 6.32. The lowest BCUT2D eigenvalue weighted by Gasteiger charge is -2.50. The van der Waals surface area contributed by atoms with E-state index in [0.29, 0.717) is 0 Å². The highest BCUT2D eigenvalue weighted by Gasteiger charge is 2.56. The summed E-state index contributed by atoms with van der Waals surface area (Å²) in [5.74, 6) is -3.66. The molecule has 4 N–H and O–H groups in total. The number of hydrogen-bond acceptors (Lipinski definition) is 12. The SMILES string of the molecule is COc1ccc(O)c2c1C(=O)c1cc3c(c(O)c1C2=O)[C@H](O[C@H]1C[C@](C)(N(C)C)[C@H](O)[C@H](C)O1)[C@@H](OC)[C@@](C)(O)C3=O. The molecule has 42 heavy (non-hydrogen) atoms. The molecule has 2 aromatic rings. The fourth-order valence-electron chi connectivity index (χ4n) is 6.38. The molecule has 1 aliphatic heterocycles. The zero-order chi connectivity index (χ0) is 31.0. The molecule has 7 atom stereocenters. The van der Waals surface area contributed by atoms with Gasteiger partial charge in [-0.1, -0.05) is 0 Å². The second kappa shape index (κ2) is 10.1. The fraction of sp³-hybridized carbons (Fsp3) is 0.500. The van der Waals surface area contributed by atoms with E-state index < -0.39 is 76.3 Å². The molecule has 1 heterocycles. The lowest BCUT2D eigenvalue weighted by molar-refractivity contribution is -0.285. The van der Waals surface area contributed by atoms with Gasteiger partial charge in [0.15, 0.2) is 23.5 Å². The number of methoxy groups -OCH3 is 2. The number of aliphatic hydroxyl groups is 2. The maximum atomic E-state index is 13.8. The zero-order valence-electron chi connectivity index (χ0n) is 24.4. The number of carbonyl (C=O) groups is 3. The van der Waals surface area contributed by atoms with E-state index in [1.807, 2.05) is 11.8 Å². The minimum atomic E-state index is -2.17. The monoisotopic (exact) mass is 585 g/mol. The van der Waals surface area contributed by atoms with Crippen molar-refractivity contribution >= 4 is 17.3 Å². The van der Waals surface area contributed by atoms with Crippen LogP contribution in [0.4, 0.5) is 0 Å². The number of hydrogen-bond donors (Lipinski definition) is 4. The highest BCUT2D eigenvalue weighted by atomic mass is 16.7. The molecule has 0 bridgehead atoms. The minimum absolute atomic E-state index is 0.0256. The van der Waals surface area contributed by atoms with E-state index in [1.54, 1.807) is 21.0 Å². The highest BCUT2D eigenvalue weighted by Crippen LogP contribution is 2.50. The van der Waals surface area contributed by atoms with Gasteiger partial charge < -0.3 is 44.3 Å². The number of likely N-dealkylation sites (N-methyl/N-ethyl adjacent to an activating group) is 1. The molecule has 3 aliphatic rings. The van der Waals surface area contributed by atoms with Crippen molar-refractivity contribution in [3.05, 3.63) is 51.6 Å². The predicted molar refractivity (Wildman–Crippen MR) is 146 cm³/mol. The van der Waals surface area contributed by atoms with Gasteiger partial charge in [-0.25, -0.2) is 0 Å². The van der Waals surface area contributed by atoms with Crippen LogP contribution in [-0.4, -0.2) is 107 Å². The van der Waals surface area contributed by atoms with Crippen LogP contribution in [0.25, 0.3) is 0 Å². The van der Waals surface area contributed by atoms with Gasteiger partial charge in [-0.3, -0.25) is 14.4 Å². The van der Waals surface area contributed by atoms with Crippen molar-refractivity contribution in [1.82, 2.24) is 4.90 Å². The number of benzene rings is 2. The van der Waals surface area contributed by atoms with Crippen molar-refractivity contribution in [1.29, 1.82) is 0 Å². The molecule has 0 unspecified atom stereocenters. The van der Waals surface area contributed by atoms with Crippen LogP contribution in [-0.2, 0) is 14.2 Å². The van der Waals surface area contributed by atoms with E-state index in [2.05, 4.69) is 0 Å². The first-order valence-corrected chi connectivity index (χ1v) is 13.5. The number of phenolic OH excluding ortho intramolecular Hbond substituents is 2. The number of nitrogens with zero attached hydrogens (tertiary/aromatic N) is 1. The number of ether oxygens (including phenoxy) is 4. The van der Waals surface area contributed by atoms with Gasteiger partial charge in [0.1, 0.15) is 29.5 Å². The number of phenols is 2. The van der Waals surface area contributed by atoms with E-state index >= 15 is 0 Å². The van der Waals surface area contributed by atoms with Crippen molar-refractivity contribution in [3.63, 3.8) is 0 Å². The molecule has 5 rings (SSSR count). The molecule has 12 heteroatoms. The van der Waals surface area contributed by atoms with Crippen LogP contribution in [0, 0.1) is 0 Å². The lowest BCUT2D eigenvalue weighted by atomic mass is 9.72. The summed E-state index contributed by atoms with van der Waals surface area (Å²) in [6.07, 6.45) is -5.11. The topological polar surface area (TPSA) is 172 Å². The molecule has 0 saturated carbocycles. The zero-order valence-corrected chi connectivity index (χ0v) is 24.4. The predicted octanol–water partition coefficient (Wildman–Crippen LogP) is 1.72. The number of aliphatic hydroxyl groups excluding tert-OH is 1. The second-order valence-electron chi connectivity index (χ2n) is 11.7. The van der Waals surface area contributed by atoms with E-state index in [1.165, 1.54) is 33.3 Å². The molecule has 226 valence electrons. The van der Waals surface area contributed by atoms with Crippen LogP contribution < -0.4 is 4.74 Å². The maximum Gasteiger partial charge on any atom is 0.202 e. The molecule has 2 aliphatic carbocycles. The Kier molecular flexibility index (Phi) is 7.24. The summed E-state index contributed by atoms with van der Waals surface area (Å²) in [5.41, 5.74) is -4.66.